The quantitative estimate of drug-likeness (QED) is 0.825. The van der Waals surface area contributed by atoms with Crippen molar-refractivity contribution in [2.45, 2.75) is 20.5 Å². The number of hydrogen-bond donors (Lipinski definition) is 1. The molecule has 1 rings (SSSR count). The van der Waals surface area contributed by atoms with Crippen LogP contribution in [0.1, 0.15) is 16.7 Å². The van der Waals surface area contributed by atoms with Gasteiger partial charge in [-0.1, -0.05) is 0 Å². The van der Waals surface area contributed by atoms with E-state index >= 15 is 0 Å². The average molecular weight is 242 g/mol. The second kappa shape index (κ2) is 5.43. The molecule has 0 aliphatic carbocycles. The maximum absolute atomic E-state index is 12.2. The number of hydrogen-bond acceptors (Lipinski definition) is 2. The molecule has 1 N–H and O–H groups in total. The fraction of sp³-hybridized carbons (Fsp3) is 0.250. The van der Waals surface area contributed by atoms with E-state index in [9.17, 15) is 13.6 Å². The summed E-state index contributed by atoms with van der Waals surface area (Å²) >= 11 is 0. The van der Waals surface area contributed by atoms with Gasteiger partial charge in [0.1, 0.15) is 5.75 Å². The van der Waals surface area contributed by atoms with Crippen molar-refractivity contribution in [3.8, 4) is 5.75 Å². The van der Waals surface area contributed by atoms with Gasteiger partial charge in [-0.2, -0.15) is 8.78 Å². The molecule has 0 aliphatic rings. The van der Waals surface area contributed by atoms with Crippen molar-refractivity contribution in [2.75, 3.05) is 0 Å². The second-order valence-corrected chi connectivity index (χ2v) is 3.52. The highest BCUT2D eigenvalue weighted by atomic mass is 19.3. The van der Waals surface area contributed by atoms with Crippen molar-refractivity contribution in [3.63, 3.8) is 0 Å². The van der Waals surface area contributed by atoms with Gasteiger partial charge in [0.25, 0.3) is 0 Å². The number of rotatable bonds is 4. The smallest absolute Gasteiger partial charge is 0.387 e. The molecule has 0 saturated carbocycles. The van der Waals surface area contributed by atoms with Crippen molar-refractivity contribution >= 4 is 12.0 Å². The summed E-state index contributed by atoms with van der Waals surface area (Å²) < 4.78 is 28.7. The molecular formula is C12H12F2O3. The van der Waals surface area contributed by atoms with Gasteiger partial charge < -0.3 is 9.84 Å². The number of aliphatic carboxylic acids is 1. The Balaban J connectivity index is 3.15. The number of carboxylic acids is 1. The van der Waals surface area contributed by atoms with Crippen LogP contribution in [0.3, 0.4) is 0 Å². The van der Waals surface area contributed by atoms with Gasteiger partial charge >= 0.3 is 12.6 Å². The largest absolute Gasteiger partial charge is 0.478 e. The van der Waals surface area contributed by atoms with E-state index in [2.05, 4.69) is 4.74 Å². The first kappa shape index (κ1) is 13.2. The maximum Gasteiger partial charge on any atom is 0.387 e. The summed E-state index contributed by atoms with van der Waals surface area (Å²) in [5, 5.41) is 8.50. The Labute approximate surface area is 97.3 Å². The van der Waals surface area contributed by atoms with Gasteiger partial charge in [0, 0.05) is 11.6 Å². The van der Waals surface area contributed by atoms with Crippen LogP contribution >= 0.6 is 0 Å². The minimum Gasteiger partial charge on any atom is -0.478 e. The highest BCUT2D eigenvalue weighted by molar-refractivity contribution is 5.86. The molecule has 0 aromatic heterocycles. The molecule has 0 saturated heterocycles. The molecule has 0 bridgehead atoms. The monoisotopic (exact) mass is 242 g/mol. The van der Waals surface area contributed by atoms with Crippen molar-refractivity contribution in [1.82, 2.24) is 0 Å². The maximum atomic E-state index is 12.2. The molecular weight excluding hydrogens is 230 g/mol. The first-order chi connectivity index (χ1) is 7.90. The van der Waals surface area contributed by atoms with E-state index in [1.807, 2.05) is 0 Å². The third kappa shape index (κ3) is 3.86. The summed E-state index contributed by atoms with van der Waals surface area (Å²) in [6.07, 6.45) is 2.11. The highest BCUT2D eigenvalue weighted by Crippen LogP contribution is 2.26. The molecule has 17 heavy (non-hydrogen) atoms. The van der Waals surface area contributed by atoms with Crippen LogP contribution in [-0.2, 0) is 4.79 Å². The van der Waals surface area contributed by atoms with Gasteiger partial charge in [-0.3, -0.25) is 0 Å². The number of halogens is 2. The fourth-order valence-corrected chi connectivity index (χ4v) is 1.30. The van der Waals surface area contributed by atoms with Gasteiger partial charge in [-0.25, -0.2) is 4.79 Å². The number of ether oxygens (including phenoxy) is 1. The molecule has 0 radical (unpaired) electrons. The number of carbonyl (C=O) groups is 1. The lowest BCUT2D eigenvalue weighted by molar-refractivity contribution is -0.131. The van der Waals surface area contributed by atoms with Crippen molar-refractivity contribution < 1.29 is 23.4 Å². The Morgan fingerprint density at radius 1 is 1.35 bits per heavy atom. The first-order valence-electron chi connectivity index (χ1n) is 4.87. The van der Waals surface area contributed by atoms with Gasteiger partial charge in [0.05, 0.1) is 0 Å². The van der Waals surface area contributed by atoms with Gasteiger partial charge in [0.15, 0.2) is 0 Å². The average Bonchev–Trinajstić information content (AvgIpc) is 2.20. The van der Waals surface area contributed by atoms with E-state index in [0.29, 0.717) is 5.56 Å². The molecule has 92 valence electrons. The molecule has 0 unspecified atom stereocenters. The number of aryl methyl sites for hydroxylation is 2. The van der Waals surface area contributed by atoms with Crippen molar-refractivity contribution in [3.05, 3.63) is 34.9 Å². The first-order valence-corrected chi connectivity index (χ1v) is 4.87. The third-order valence-corrected chi connectivity index (χ3v) is 2.25. The summed E-state index contributed by atoms with van der Waals surface area (Å²) in [6.45, 7) is 0.631. The number of alkyl halides is 2. The van der Waals surface area contributed by atoms with Crippen LogP contribution in [0.15, 0.2) is 18.2 Å². The topological polar surface area (TPSA) is 46.5 Å². The Morgan fingerprint density at radius 2 is 1.94 bits per heavy atom. The molecule has 0 heterocycles. The van der Waals surface area contributed by atoms with Crippen LogP contribution in [0.25, 0.3) is 6.08 Å². The SMILES string of the molecule is Cc1cc(/C=C/C(=O)O)c(OC(F)F)cc1C. The fourth-order valence-electron chi connectivity index (χ4n) is 1.30. The highest BCUT2D eigenvalue weighted by Gasteiger charge is 2.10. The molecule has 0 aliphatic heterocycles. The summed E-state index contributed by atoms with van der Waals surface area (Å²) in [5.41, 5.74) is 1.99. The van der Waals surface area contributed by atoms with Gasteiger partial charge in [0.2, 0.25) is 0 Å². The van der Waals surface area contributed by atoms with Crippen LogP contribution < -0.4 is 4.74 Å². The minimum absolute atomic E-state index is 0.0272. The van der Waals surface area contributed by atoms with Crippen LogP contribution in [-0.4, -0.2) is 17.7 Å². The Kier molecular flexibility index (Phi) is 4.20. The Hall–Kier alpha value is -1.91. The van der Waals surface area contributed by atoms with Gasteiger partial charge in [-0.15, -0.1) is 0 Å². The van der Waals surface area contributed by atoms with Crippen LogP contribution in [0.5, 0.6) is 5.75 Å². The van der Waals surface area contributed by atoms with Crippen molar-refractivity contribution in [1.29, 1.82) is 0 Å². The van der Waals surface area contributed by atoms with E-state index in [4.69, 9.17) is 5.11 Å². The molecule has 1 aromatic carbocycles. The van der Waals surface area contributed by atoms with E-state index in [1.54, 1.807) is 19.9 Å². The molecule has 0 fully saturated rings. The predicted octanol–water partition coefficient (Wildman–Crippen LogP) is 3.00. The summed E-state index contributed by atoms with van der Waals surface area (Å²) in [7, 11) is 0. The van der Waals surface area contributed by atoms with Crippen LogP contribution in [0, 0.1) is 13.8 Å². The Morgan fingerprint density at radius 3 is 2.47 bits per heavy atom. The summed E-state index contributed by atoms with van der Waals surface area (Å²) in [6, 6.07) is 3.06. The molecule has 1 aromatic rings. The lowest BCUT2D eigenvalue weighted by Crippen LogP contribution is -2.04. The van der Waals surface area contributed by atoms with Gasteiger partial charge in [-0.05, 0) is 43.2 Å². The number of carboxylic acid groups (broad SMARTS) is 1. The zero-order valence-electron chi connectivity index (χ0n) is 9.41. The zero-order valence-corrected chi connectivity index (χ0v) is 9.41. The van der Waals surface area contributed by atoms with E-state index in [0.717, 1.165) is 17.2 Å². The zero-order chi connectivity index (χ0) is 13.0. The van der Waals surface area contributed by atoms with E-state index in [1.165, 1.54) is 12.1 Å². The van der Waals surface area contributed by atoms with Crippen LogP contribution in [0.2, 0.25) is 0 Å². The molecule has 3 nitrogen and oxygen atoms in total. The molecule has 0 amide bonds. The predicted molar refractivity (Wildman–Crippen MR) is 59.2 cm³/mol. The van der Waals surface area contributed by atoms with E-state index < -0.39 is 12.6 Å². The lowest BCUT2D eigenvalue weighted by atomic mass is 10.0. The molecule has 5 heteroatoms. The molecule has 0 atom stereocenters. The normalized spacial score (nSPS) is 11.1. The summed E-state index contributed by atoms with van der Waals surface area (Å²) in [4.78, 5) is 10.4. The van der Waals surface area contributed by atoms with E-state index in [-0.39, 0.29) is 5.75 Å². The lowest BCUT2D eigenvalue weighted by Gasteiger charge is -2.11. The number of benzene rings is 1. The standard InChI is InChI=1S/C12H12F2O3/c1-7-5-9(3-4-11(15)16)10(6-8(7)2)17-12(13)14/h3-6,12H,1-2H3,(H,15,16)/b4-3+. The summed E-state index contributed by atoms with van der Waals surface area (Å²) in [5.74, 6) is -1.17. The van der Waals surface area contributed by atoms with Crippen LogP contribution in [0.4, 0.5) is 8.78 Å². The second-order valence-electron chi connectivity index (χ2n) is 3.52. The molecule has 0 spiro atoms. The third-order valence-electron chi connectivity index (χ3n) is 2.25. The Bertz CT molecular complexity index is 453. The van der Waals surface area contributed by atoms with Crippen molar-refractivity contribution in [2.24, 2.45) is 0 Å². The minimum atomic E-state index is -2.94.